The van der Waals surface area contributed by atoms with Gasteiger partial charge in [-0.15, -0.1) is 0 Å². The average Bonchev–Trinajstić information content (AvgIpc) is 3.30. The molecule has 3 aromatic rings. The molecule has 4 rings (SSSR count). The highest BCUT2D eigenvalue weighted by atomic mass is 32.1. The van der Waals surface area contributed by atoms with E-state index in [4.69, 9.17) is 4.52 Å². The fraction of sp³-hybridized carbons (Fsp3) is 0.333. The van der Waals surface area contributed by atoms with Crippen molar-refractivity contribution in [1.82, 2.24) is 15.0 Å². The summed E-state index contributed by atoms with van der Waals surface area (Å²) >= 11 is 1.76. The normalized spacial score (nSPS) is 18.5. The van der Waals surface area contributed by atoms with E-state index in [1.807, 2.05) is 18.2 Å². The van der Waals surface area contributed by atoms with Gasteiger partial charge >= 0.3 is 0 Å². The Morgan fingerprint density at radius 2 is 2.13 bits per heavy atom. The largest absolute Gasteiger partial charge is 0.338 e. The lowest BCUT2D eigenvalue weighted by Crippen LogP contribution is -2.22. The number of benzene rings is 1. The molecule has 0 saturated carbocycles. The van der Waals surface area contributed by atoms with Gasteiger partial charge in [0.2, 0.25) is 5.89 Å². The number of rotatable bonds is 5. The highest BCUT2D eigenvalue weighted by Crippen LogP contribution is 2.33. The number of thiophene rings is 1. The molecule has 5 heteroatoms. The third kappa shape index (κ3) is 3.35. The van der Waals surface area contributed by atoms with Gasteiger partial charge in [-0.1, -0.05) is 35.5 Å². The van der Waals surface area contributed by atoms with E-state index in [9.17, 15) is 0 Å². The van der Waals surface area contributed by atoms with Crippen LogP contribution in [0.2, 0.25) is 0 Å². The second-order valence-corrected chi connectivity index (χ2v) is 6.73. The minimum atomic E-state index is 0.491. The lowest BCUT2D eigenvalue weighted by molar-refractivity contribution is 0.212. The Morgan fingerprint density at radius 3 is 2.96 bits per heavy atom. The van der Waals surface area contributed by atoms with Gasteiger partial charge in [-0.25, -0.2) is 0 Å². The van der Waals surface area contributed by atoms with Gasteiger partial charge in [0.25, 0.3) is 0 Å². The molecule has 0 N–H and O–H groups in total. The SMILES string of the molecule is c1ccc(Cc2noc(CN3CCC[C@H]3c3ccsc3)n2)cc1. The highest BCUT2D eigenvalue weighted by Gasteiger charge is 2.27. The van der Waals surface area contributed by atoms with Gasteiger partial charge in [-0.2, -0.15) is 16.3 Å². The summed E-state index contributed by atoms with van der Waals surface area (Å²) in [6, 6.07) is 13.0. The zero-order valence-electron chi connectivity index (χ0n) is 12.9. The Morgan fingerprint density at radius 1 is 1.22 bits per heavy atom. The molecule has 1 saturated heterocycles. The van der Waals surface area contributed by atoms with Gasteiger partial charge in [0, 0.05) is 12.5 Å². The molecular formula is C18H19N3OS. The number of nitrogens with zero attached hydrogens (tertiary/aromatic N) is 3. The topological polar surface area (TPSA) is 42.2 Å². The maximum atomic E-state index is 5.46. The fourth-order valence-corrected chi connectivity index (χ4v) is 3.94. The molecule has 0 radical (unpaired) electrons. The Balaban J connectivity index is 1.43. The van der Waals surface area contributed by atoms with Gasteiger partial charge < -0.3 is 4.52 Å². The van der Waals surface area contributed by atoms with E-state index < -0.39 is 0 Å². The van der Waals surface area contributed by atoms with E-state index >= 15 is 0 Å². The fourth-order valence-electron chi connectivity index (χ4n) is 3.24. The third-order valence-electron chi connectivity index (χ3n) is 4.35. The van der Waals surface area contributed by atoms with Crippen LogP contribution in [0.4, 0.5) is 0 Å². The molecule has 1 fully saturated rings. The Kier molecular flexibility index (Phi) is 4.22. The maximum absolute atomic E-state index is 5.46. The quantitative estimate of drug-likeness (QED) is 0.709. The molecule has 1 aliphatic heterocycles. The lowest BCUT2D eigenvalue weighted by atomic mass is 10.1. The molecule has 0 bridgehead atoms. The highest BCUT2D eigenvalue weighted by molar-refractivity contribution is 7.07. The summed E-state index contributed by atoms with van der Waals surface area (Å²) in [5, 5.41) is 8.53. The van der Waals surface area contributed by atoms with Crippen LogP contribution in [0.15, 0.2) is 51.7 Å². The number of aromatic nitrogens is 2. The second kappa shape index (κ2) is 6.64. The number of hydrogen-bond donors (Lipinski definition) is 0. The first-order valence-corrected chi connectivity index (χ1v) is 8.94. The Labute approximate surface area is 139 Å². The second-order valence-electron chi connectivity index (χ2n) is 5.95. The number of likely N-dealkylation sites (tertiary alicyclic amines) is 1. The van der Waals surface area contributed by atoms with E-state index in [0.717, 1.165) is 31.2 Å². The van der Waals surface area contributed by atoms with E-state index in [0.29, 0.717) is 6.04 Å². The predicted octanol–water partition coefficient (Wildman–Crippen LogP) is 4.06. The van der Waals surface area contributed by atoms with Crippen LogP contribution in [0.5, 0.6) is 0 Å². The molecule has 0 unspecified atom stereocenters. The molecule has 118 valence electrons. The molecule has 3 heterocycles. The Hall–Kier alpha value is -1.98. The standard InChI is InChI=1S/C18H19N3OS/c1-2-5-14(6-3-1)11-17-19-18(22-20-17)12-21-9-4-7-16(21)15-8-10-23-13-15/h1-3,5-6,8,10,13,16H,4,7,9,11-12H2/t16-/m0/s1. The minimum absolute atomic E-state index is 0.491. The first-order valence-electron chi connectivity index (χ1n) is 8.00. The molecular weight excluding hydrogens is 306 g/mol. The van der Waals surface area contributed by atoms with Crippen molar-refractivity contribution in [3.05, 3.63) is 70.0 Å². The monoisotopic (exact) mass is 325 g/mol. The van der Waals surface area contributed by atoms with E-state index in [2.05, 4.69) is 44.0 Å². The molecule has 1 aliphatic rings. The number of hydrogen-bond acceptors (Lipinski definition) is 5. The van der Waals surface area contributed by atoms with Gasteiger partial charge in [0.15, 0.2) is 5.82 Å². The van der Waals surface area contributed by atoms with E-state index in [-0.39, 0.29) is 0 Å². The van der Waals surface area contributed by atoms with Crippen LogP contribution < -0.4 is 0 Å². The third-order valence-corrected chi connectivity index (χ3v) is 5.05. The summed E-state index contributed by atoms with van der Waals surface area (Å²) in [6.45, 7) is 1.83. The van der Waals surface area contributed by atoms with Gasteiger partial charge in [0.1, 0.15) is 0 Å². The van der Waals surface area contributed by atoms with Crippen molar-refractivity contribution >= 4 is 11.3 Å². The molecule has 1 atom stereocenters. The van der Waals surface area contributed by atoms with Crippen LogP contribution in [0, 0.1) is 0 Å². The van der Waals surface area contributed by atoms with Crippen molar-refractivity contribution in [3.8, 4) is 0 Å². The van der Waals surface area contributed by atoms with E-state index in [1.54, 1.807) is 11.3 Å². The van der Waals surface area contributed by atoms with Gasteiger partial charge in [0.05, 0.1) is 6.54 Å². The summed E-state index contributed by atoms with van der Waals surface area (Å²) in [7, 11) is 0. The van der Waals surface area contributed by atoms with Crippen LogP contribution >= 0.6 is 11.3 Å². The van der Waals surface area contributed by atoms with E-state index in [1.165, 1.54) is 24.0 Å². The minimum Gasteiger partial charge on any atom is -0.338 e. The molecule has 1 aromatic carbocycles. The first kappa shape index (κ1) is 14.6. The zero-order valence-corrected chi connectivity index (χ0v) is 13.7. The van der Waals surface area contributed by atoms with Crippen LogP contribution in [0.25, 0.3) is 0 Å². The molecule has 23 heavy (non-hydrogen) atoms. The lowest BCUT2D eigenvalue weighted by Gasteiger charge is -2.21. The van der Waals surface area contributed by atoms with Crippen molar-refractivity contribution in [3.63, 3.8) is 0 Å². The van der Waals surface area contributed by atoms with Crippen molar-refractivity contribution in [1.29, 1.82) is 0 Å². The summed E-state index contributed by atoms with van der Waals surface area (Å²) in [6.07, 6.45) is 3.16. The average molecular weight is 325 g/mol. The summed E-state index contributed by atoms with van der Waals surface area (Å²) < 4.78 is 5.46. The van der Waals surface area contributed by atoms with Crippen LogP contribution in [0.3, 0.4) is 0 Å². The molecule has 0 aliphatic carbocycles. The smallest absolute Gasteiger partial charge is 0.240 e. The van der Waals surface area contributed by atoms with Crippen molar-refractivity contribution in [2.75, 3.05) is 6.54 Å². The van der Waals surface area contributed by atoms with Crippen LogP contribution in [-0.2, 0) is 13.0 Å². The summed E-state index contributed by atoms with van der Waals surface area (Å²) in [4.78, 5) is 7.01. The summed E-state index contributed by atoms with van der Waals surface area (Å²) in [5.41, 5.74) is 2.62. The predicted molar refractivity (Wildman–Crippen MR) is 90.3 cm³/mol. The van der Waals surface area contributed by atoms with Crippen molar-refractivity contribution in [2.24, 2.45) is 0 Å². The Bertz CT molecular complexity index is 739. The van der Waals surface area contributed by atoms with Gasteiger partial charge in [-0.05, 0) is 47.3 Å². The molecule has 2 aromatic heterocycles. The van der Waals surface area contributed by atoms with Crippen LogP contribution in [0.1, 0.15) is 41.7 Å². The first-order chi connectivity index (χ1) is 11.4. The van der Waals surface area contributed by atoms with Crippen molar-refractivity contribution < 1.29 is 4.52 Å². The van der Waals surface area contributed by atoms with Crippen LogP contribution in [-0.4, -0.2) is 21.6 Å². The molecule has 4 nitrogen and oxygen atoms in total. The molecule has 0 amide bonds. The summed E-state index contributed by atoms with van der Waals surface area (Å²) in [5.74, 6) is 1.48. The van der Waals surface area contributed by atoms with Gasteiger partial charge in [-0.3, -0.25) is 4.90 Å². The maximum Gasteiger partial charge on any atom is 0.240 e. The van der Waals surface area contributed by atoms with Crippen molar-refractivity contribution in [2.45, 2.75) is 31.8 Å². The molecule has 0 spiro atoms. The zero-order chi connectivity index (χ0) is 15.5.